The molecule has 0 aliphatic carbocycles. The number of carbonyl (C=O) groups is 2. The van der Waals surface area contributed by atoms with E-state index in [-0.39, 0.29) is 23.9 Å². The fourth-order valence-electron chi connectivity index (χ4n) is 2.46. The maximum absolute atomic E-state index is 12.2. The molecule has 86 valence electrons. The molecule has 0 aromatic carbocycles. The van der Waals surface area contributed by atoms with Crippen LogP contribution in [0.2, 0.25) is 0 Å². The van der Waals surface area contributed by atoms with Crippen LogP contribution >= 0.6 is 0 Å². The van der Waals surface area contributed by atoms with Gasteiger partial charge >= 0.3 is 0 Å². The van der Waals surface area contributed by atoms with Crippen molar-refractivity contribution in [2.24, 2.45) is 0 Å². The molecule has 4 nitrogen and oxygen atoms in total. The Hall–Kier alpha value is -1.50. The smallest absolute Gasteiger partial charge is 0.246 e. The zero-order valence-electron chi connectivity index (χ0n) is 9.48. The minimum Gasteiger partial charge on any atom is -0.331 e. The van der Waals surface area contributed by atoms with Gasteiger partial charge in [0.1, 0.15) is 6.04 Å². The molecular weight excluding hydrogens is 204 g/mol. The third-order valence-corrected chi connectivity index (χ3v) is 3.42. The van der Waals surface area contributed by atoms with Gasteiger partial charge in [-0.15, -0.1) is 6.42 Å². The molecule has 16 heavy (non-hydrogen) atoms. The molecule has 2 saturated heterocycles. The molecule has 2 aliphatic heterocycles. The zero-order valence-corrected chi connectivity index (χ0v) is 9.48. The van der Waals surface area contributed by atoms with Crippen molar-refractivity contribution in [2.45, 2.75) is 38.3 Å². The molecule has 0 aromatic heterocycles. The van der Waals surface area contributed by atoms with Crippen LogP contribution in [-0.2, 0) is 9.59 Å². The molecule has 0 radical (unpaired) electrons. The Morgan fingerprint density at radius 1 is 1.44 bits per heavy atom. The molecule has 4 heteroatoms. The molecule has 0 saturated carbocycles. The van der Waals surface area contributed by atoms with Gasteiger partial charge in [-0.1, -0.05) is 5.92 Å². The van der Waals surface area contributed by atoms with Gasteiger partial charge in [0.05, 0.1) is 6.04 Å². The number of hydrogen-bond acceptors (Lipinski definition) is 2. The molecule has 0 spiro atoms. The van der Waals surface area contributed by atoms with E-state index >= 15 is 0 Å². The lowest BCUT2D eigenvalue weighted by atomic mass is 10.1. The van der Waals surface area contributed by atoms with Crippen LogP contribution in [0.15, 0.2) is 0 Å². The van der Waals surface area contributed by atoms with Crippen molar-refractivity contribution in [3.05, 3.63) is 0 Å². The Labute approximate surface area is 95.6 Å². The summed E-state index contributed by atoms with van der Waals surface area (Å²) in [6.45, 7) is 3.00. The summed E-state index contributed by atoms with van der Waals surface area (Å²) in [7, 11) is 0. The van der Waals surface area contributed by atoms with E-state index in [2.05, 4.69) is 5.92 Å². The first-order valence-corrected chi connectivity index (χ1v) is 5.71. The largest absolute Gasteiger partial charge is 0.331 e. The molecule has 2 amide bonds. The van der Waals surface area contributed by atoms with Crippen molar-refractivity contribution in [3.63, 3.8) is 0 Å². The fraction of sp³-hybridized carbons (Fsp3) is 0.667. The van der Waals surface area contributed by atoms with Gasteiger partial charge in [-0.3, -0.25) is 9.59 Å². The van der Waals surface area contributed by atoms with Gasteiger partial charge in [0.15, 0.2) is 0 Å². The number of rotatable bonds is 1. The first-order valence-electron chi connectivity index (χ1n) is 5.71. The van der Waals surface area contributed by atoms with E-state index in [0.29, 0.717) is 19.5 Å². The van der Waals surface area contributed by atoms with Crippen molar-refractivity contribution in [1.82, 2.24) is 9.80 Å². The molecular formula is C12H16N2O2. The molecule has 2 aliphatic rings. The molecule has 0 bridgehead atoms. The van der Waals surface area contributed by atoms with Crippen LogP contribution in [0.4, 0.5) is 0 Å². The predicted octanol–water partition coefficient (Wildman–Crippen LogP) is 0.231. The van der Waals surface area contributed by atoms with Crippen LogP contribution in [0, 0.1) is 12.3 Å². The average Bonchev–Trinajstić information content (AvgIpc) is 2.73. The molecule has 2 atom stereocenters. The summed E-state index contributed by atoms with van der Waals surface area (Å²) in [4.78, 5) is 27.4. The maximum atomic E-state index is 12.2. The number of hydrogen-bond donors (Lipinski definition) is 0. The second-order valence-corrected chi connectivity index (χ2v) is 4.37. The van der Waals surface area contributed by atoms with Gasteiger partial charge in [0, 0.05) is 19.5 Å². The Balaban J connectivity index is 2.23. The van der Waals surface area contributed by atoms with Gasteiger partial charge in [-0.25, -0.2) is 0 Å². The second kappa shape index (κ2) is 4.17. The summed E-state index contributed by atoms with van der Waals surface area (Å²) in [6, 6.07) is -0.480. The van der Waals surface area contributed by atoms with Crippen LogP contribution in [-0.4, -0.2) is 46.8 Å². The Morgan fingerprint density at radius 2 is 2.19 bits per heavy atom. The van der Waals surface area contributed by atoms with Crippen LogP contribution < -0.4 is 0 Å². The lowest BCUT2D eigenvalue weighted by Gasteiger charge is -2.27. The van der Waals surface area contributed by atoms with Gasteiger partial charge < -0.3 is 9.80 Å². The molecule has 2 unspecified atom stereocenters. The van der Waals surface area contributed by atoms with E-state index in [1.54, 1.807) is 9.80 Å². The van der Waals surface area contributed by atoms with E-state index < -0.39 is 0 Å². The van der Waals surface area contributed by atoms with E-state index in [0.717, 1.165) is 12.8 Å². The van der Waals surface area contributed by atoms with Crippen LogP contribution in [0.25, 0.3) is 0 Å². The lowest BCUT2D eigenvalue weighted by Crippen LogP contribution is -2.46. The highest BCUT2D eigenvalue weighted by atomic mass is 16.2. The SMILES string of the molecule is C#CC(C)N1CCC(=O)N2CCCC2C1=O. The zero-order chi connectivity index (χ0) is 11.7. The minimum atomic E-state index is -0.259. The number of fused-ring (bicyclic) bond motifs is 1. The quantitative estimate of drug-likeness (QED) is 0.594. The highest BCUT2D eigenvalue weighted by Gasteiger charge is 2.40. The maximum Gasteiger partial charge on any atom is 0.246 e. The first kappa shape index (κ1) is 11.0. The second-order valence-electron chi connectivity index (χ2n) is 4.37. The number of amides is 2. The Morgan fingerprint density at radius 3 is 2.88 bits per heavy atom. The summed E-state index contributed by atoms with van der Waals surface area (Å²) in [5.74, 6) is 2.67. The topological polar surface area (TPSA) is 40.6 Å². The highest BCUT2D eigenvalue weighted by molar-refractivity contribution is 5.90. The summed E-state index contributed by atoms with van der Waals surface area (Å²) >= 11 is 0. The monoisotopic (exact) mass is 220 g/mol. The van der Waals surface area contributed by atoms with Crippen molar-refractivity contribution < 1.29 is 9.59 Å². The summed E-state index contributed by atoms with van der Waals surface area (Å²) < 4.78 is 0. The normalized spacial score (nSPS) is 27.4. The fourth-order valence-corrected chi connectivity index (χ4v) is 2.46. The summed E-state index contributed by atoms with van der Waals surface area (Å²) in [5, 5.41) is 0. The Bertz CT molecular complexity index is 359. The third kappa shape index (κ3) is 1.67. The molecule has 0 aromatic rings. The lowest BCUT2D eigenvalue weighted by molar-refractivity contribution is -0.139. The predicted molar refractivity (Wildman–Crippen MR) is 59.4 cm³/mol. The van der Waals surface area contributed by atoms with Crippen molar-refractivity contribution >= 4 is 11.8 Å². The van der Waals surface area contributed by atoms with Gasteiger partial charge in [0.25, 0.3) is 0 Å². The number of nitrogens with zero attached hydrogens (tertiary/aromatic N) is 2. The van der Waals surface area contributed by atoms with E-state index in [4.69, 9.17) is 6.42 Å². The van der Waals surface area contributed by atoms with E-state index in [1.807, 2.05) is 6.92 Å². The number of terminal acetylenes is 1. The van der Waals surface area contributed by atoms with E-state index in [1.165, 1.54) is 0 Å². The first-order chi connectivity index (χ1) is 7.65. The summed E-state index contributed by atoms with van der Waals surface area (Å²) in [6.07, 6.45) is 7.44. The molecule has 2 fully saturated rings. The highest BCUT2D eigenvalue weighted by Crippen LogP contribution is 2.24. The van der Waals surface area contributed by atoms with Crippen LogP contribution in [0.3, 0.4) is 0 Å². The molecule has 0 N–H and O–H groups in total. The standard InChI is InChI=1S/C12H16N2O2/c1-3-9(2)13-8-6-11(15)14-7-4-5-10(14)12(13)16/h1,9-10H,4-8H2,2H3. The molecule has 2 rings (SSSR count). The third-order valence-electron chi connectivity index (χ3n) is 3.42. The summed E-state index contributed by atoms with van der Waals surface area (Å²) in [5.41, 5.74) is 0. The van der Waals surface area contributed by atoms with Crippen LogP contribution in [0.5, 0.6) is 0 Å². The van der Waals surface area contributed by atoms with Crippen molar-refractivity contribution in [1.29, 1.82) is 0 Å². The van der Waals surface area contributed by atoms with Crippen LogP contribution in [0.1, 0.15) is 26.2 Å². The number of carbonyl (C=O) groups excluding carboxylic acids is 2. The average molecular weight is 220 g/mol. The van der Waals surface area contributed by atoms with Crippen molar-refractivity contribution in [2.75, 3.05) is 13.1 Å². The Kier molecular flexibility index (Phi) is 2.86. The van der Waals surface area contributed by atoms with Gasteiger partial charge in [0.2, 0.25) is 11.8 Å². The van der Waals surface area contributed by atoms with Gasteiger partial charge in [-0.2, -0.15) is 0 Å². The van der Waals surface area contributed by atoms with E-state index in [9.17, 15) is 9.59 Å². The minimum absolute atomic E-state index is 0.0220. The van der Waals surface area contributed by atoms with Gasteiger partial charge in [-0.05, 0) is 19.8 Å². The van der Waals surface area contributed by atoms with Crippen molar-refractivity contribution in [3.8, 4) is 12.3 Å². The molecule has 2 heterocycles.